The summed E-state index contributed by atoms with van der Waals surface area (Å²) in [6.45, 7) is 0.597. The monoisotopic (exact) mass is 231 g/mol. The topological polar surface area (TPSA) is 56.1 Å². The van der Waals surface area contributed by atoms with Gasteiger partial charge >= 0.3 is 0 Å². The molecule has 1 amide bonds. The number of carbonyl (C=O) groups is 1. The van der Waals surface area contributed by atoms with Crippen molar-refractivity contribution in [2.75, 3.05) is 14.1 Å². The van der Waals surface area contributed by atoms with Crippen molar-refractivity contribution in [1.82, 2.24) is 10.2 Å². The lowest BCUT2D eigenvalue weighted by Crippen LogP contribution is -2.34. The molecule has 0 aliphatic carbocycles. The summed E-state index contributed by atoms with van der Waals surface area (Å²) in [5.74, 6) is -0.0443. The Morgan fingerprint density at radius 2 is 2.06 bits per heavy atom. The molecule has 1 atom stereocenters. The summed E-state index contributed by atoms with van der Waals surface area (Å²) in [5, 5.41) is 12.0. The number of nitriles is 1. The first kappa shape index (κ1) is 13.2. The van der Waals surface area contributed by atoms with E-state index in [1.54, 1.807) is 14.1 Å². The summed E-state index contributed by atoms with van der Waals surface area (Å²) in [6.07, 6.45) is 0.205. The summed E-state index contributed by atoms with van der Waals surface area (Å²) < 4.78 is 0. The third kappa shape index (κ3) is 4.66. The number of hydrogen-bond donors (Lipinski definition) is 1. The van der Waals surface area contributed by atoms with E-state index in [9.17, 15) is 4.79 Å². The maximum Gasteiger partial charge on any atom is 0.224 e. The predicted molar refractivity (Wildman–Crippen MR) is 66.0 cm³/mol. The highest BCUT2D eigenvalue weighted by Crippen LogP contribution is 2.00. The van der Waals surface area contributed by atoms with E-state index in [0.717, 1.165) is 5.56 Å². The standard InChI is InChI=1S/C13H17N3O/c1-16(2)13(17)8-12(9-14)15-10-11-6-4-3-5-7-11/h3-7,12,15H,8,10H2,1-2H3. The molecule has 0 bridgehead atoms. The number of amides is 1. The van der Waals surface area contributed by atoms with Crippen molar-refractivity contribution in [3.05, 3.63) is 35.9 Å². The Kier molecular flexibility index (Phi) is 5.18. The molecule has 1 aromatic carbocycles. The molecular weight excluding hydrogens is 214 g/mol. The molecule has 0 heterocycles. The van der Waals surface area contributed by atoms with Gasteiger partial charge in [-0.15, -0.1) is 0 Å². The first-order valence-corrected chi connectivity index (χ1v) is 5.50. The van der Waals surface area contributed by atoms with Crippen LogP contribution in [-0.4, -0.2) is 30.9 Å². The average molecular weight is 231 g/mol. The van der Waals surface area contributed by atoms with Crippen LogP contribution >= 0.6 is 0 Å². The largest absolute Gasteiger partial charge is 0.349 e. The Balaban J connectivity index is 2.44. The highest BCUT2D eigenvalue weighted by Gasteiger charge is 2.13. The maximum absolute atomic E-state index is 11.5. The first-order chi connectivity index (χ1) is 8.13. The van der Waals surface area contributed by atoms with Gasteiger partial charge in [-0.1, -0.05) is 30.3 Å². The van der Waals surface area contributed by atoms with Crippen molar-refractivity contribution in [3.63, 3.8) is 0 Å². The minimum atomic E-state index is -0.440. The lowest BCUT2D eigenvalue weighted by molar-refractivity contribution is -0.128. The van der Waals surface area contributed by atoms with Crippen LogP contribution in [0.2, 0.25) is 0 Å². The average Bonchev–Trinajstić information content (AvgIpc) is 2.35. The molecule has 0 saturated carbocycles. The molecule has 0 radical (unpaired) electrons. The van der Waals surface area contributed by atoms with Gasteiger partial charge in [0.2, 0.25) is 5.91 Å². The van der Waals surface area contributed by atoms with Gasteiger partial charge in [0, 0.05) is 20.6 Å². The summed E-state index contributed by atoms with van der Waals surface area (Å²) >= 11 is 0. The van der Waals surface area contributed by atoms with Crippen LogP contribution < -0.4 is 5.32 Å². The lowest BCUT2D eigenvalue weighted by atomic mass is 10.2. The highest BCUT2D eigenvalue weighted by molar-refractivity contribution is 5.76. The summed E-state index contributed by atoms with van der Waals surface area (Å²) in [5.41, 5.74) is 1.10. The van der Waals surface area contributed by atoms with Crippen LogP contribution in [0.5, 0.6) is 0 Å². The van der Waals surface area contributed by atoms with Crippen molar-refractivity contribution in [2.24, 2.45) is 0 Å². The summed E-state index contributed by atoms with van der Waals surface area (Å²) in [7, 11) is 3.38. The molecule has 4 nitrogen and oxygen atoms in total. The van der Waals surface area contributed by atoms with Gasteiger partial charge in [0.1, 0.15) is 6.04 Å². The van der Waals surface area contributed by atoms with Crippen LogP contribution in [0.4, 0.5) is 0 Å². The highest BCUT2D eigenvalue weighted by atomic mass is 16.2. The van der Waals surface area contributed by atoms with E-state index in [0.29, 0.717) is 6.54 Å². The van der Waals surface area contributed by atoms with E-state index in [4.69, 9.17) is 5.26 Å². The second kappa shape index (κ2) is 6.66. The molecule has 90 valence electrons. The van der Waals surface area contributed by atoms with Gasteiger partial charge in [0.25, 0.3) is 0 Å². The zero-order valence-electron chi connectivity index (χ0n) is 10.2. The van der Waals surface area contributed by atoms with Gasteiger partial charge in [0.05, 0.1) is 12.5 Å². The quantitative estimate of drug-likeness (QED) is 0.827. The van der Waals surface area contributed by atoms with Crippen LogP contribution in [0.3, 0.4) is 0 Å². The summed E-state index contributed by atoms with van der Waals surface area (Å²) in [4.78, 5) is 13.0. The van der Waals surface area contributed by atoms with Crippen molar-refractivity contribution in [1.29, 1.82) is 5.26 Å². The molecule has 1 unspecified atom stereocenters. The molecule has 17 heavy (non-hydrogen) atoms. The third-order valence-corrected chi connectivity index (χ3v) is 2.43. The summed E-state index contributed by atoms with van der Waals surface area (Å²) in [6, 6.07) is 11.5. The van der Waals surface area contributed by atoms with Crippen LogP contribution in [-0.2, 0) is 11.3 Å². The number of nitrogens with one attached hydrogen (secondary N) is 1. The minimum Gasteiger partial charge on any atom is -0.349 e. The smallest absolute Gasteiger partial charge is 0.224 e. The van der Waals surface area contributed by atoms with E-state index >= 15 is 0 Å². The van der Waals surface area contributed by atoms with Crippen LogP contribution in [0, 0.1) is 11.3 Å². The molecule has 1 N–H and O–H groups in total. The van der Waals surface area contributed by atoms with E-state index < -0.39 is 6.04 Å². The first-order valence-electron chi connectivity index (χ1n) is 5.50. The fraction of sp³-hybridized carbons (Fsp3) is 0.385. The van der Waals surface area contributed by atoms with Crippen LogP contribution in [0.1, 0.15) is 12.0 Å². The number of rotatable bonds is 5. The van der Waals surface area contributed by atoms with Crippen LogP contribution in [0.15, 0.2) is 30.3 Å². The zero-order chi connectivity index (χ0) is 12.7. The molecule has 4 heteroatoms. The van der Waals surface area contributed by atoms with Crippen molar-refractivity contribution in [2.45, 2.75) is 19.0 Å². The van der Waals surface area contributed by atoms with Gasteiger partial charge in [-0.2, -0.15) is 5.26 Å². The third-order valence-electron chi connectivity index (χ3n) is 2.43. The molecular formula is C13H17N3O. The maximum atomic E-state index is 11.5. The fourth-order valence-corrected chi connectivity index (χ4v) is 1.36. The number of hydrogen-bond acceptors (Lipinski definition) is 3. The molecule has 1 rings (SSSR count). The SMILES string of the molecule is CN(C)C(=O)CC(C#N)NCc1ccccc1. The van der Waals surface area contributed by atoms with E-state index in [2.05, 4.69) is 11.4 Å². The van der Waals surface area contributed by atoms with E-state index in [1.807, 2.05) is 30.3 Å². The zero-order valence-corrected chi connectivity index (χ0v) is 10.2. The fourth-order valence-electron chi connectivity index (χ4n) is 1.36. The normalized spacial score (nSPS) is 11.6. The molecule has 0 saturated heterocycles. The second-order valence-corrected chi connectivity index (χ2v) is 4.04. The van der Waals surface area contributed by atoms with E-state index in [-0.39, 0.29) is 12.3 Å². The molecule has 0 aliphatic rings. The number of benzene rings is 1. The molecule has 0 aliphatic heterocycles. The van der Waals surface area contributed by atoms with Gasteiger partial charge in [-0.25, -0.2) is 0 Å². The van der Waals surface area contributed by atoms with Gasteiger partial charge in [0.15, 0.2) is 0 Å². The Hall–Kier alpha value is -1.86. The molecule has 1 aromatic rings. The Morgan fingerprint density at radius 1 is 1.41 bits per heavy atom. The Morgan fingerprint density at radius 3 is 2.59 bits per heavy atom. The molecule has 0 spiro atoms. The molecule has 0 aromatic heterocycles. The van der Waals surface area contributed by atoms with Gasteiger partial charge in [-0.3, -0.25) is 10.1 Å². The van der Waals surface area contributed by atoms with E-state index in [1.165, 1.54) is 4.90 Å². The number of carbonyl (C=O) groups excluding carboxylic acids is 1. The molecule has 0 fully saturated rings. The van der Waals surface area contributed by atoms with Gasteiger partial charge in [-0.05, 0) is 5.56 Å². The second-order valence-electron chi connectivity index (χ2n) is 4.04. The predicted octanol–water partition coefficient (Wildman–Crippen LogP) is 1.15. The Bertz CT molecular complexity index is 395. The van der Waals surface area contributed by atoms with Crippen molar-refractivity contribution < 1.29 is 4.79 Å². The van der Waals surface area contributed by atoms with Crippen molar-refractivity contribution in [3.8, 4) is 6.07 Å². The lowest BCUT2D eigenvalue weighted by Gasteiger charge is -2.14. The number of nitrogens with zero attached hydrogens (tertiary/aromatic N) is 2. The van der Waals surface area contributed by atoms with Crippen molar-refractivity contribution >= 4 is 5.91 Å². The Labute approximate surface area is 102 Å². The van der Waals surface area contributed by atoms with Gasteiger partial charge < -0.3 is 4.90 Å². The van der Waals surface area contributed by atoms with Crippen LogP contribution in [0.25, 0.3) is 0 Å². The minimum absolute atomic E-state index is 0.0443.